The molecule has 1 heterocycles. The van der Waals surface area contributed by atoms with E-state index in [2.05, 4.69) is 5.32 Å². The van der Waals surface area contributed by atoms with Gasteiger partial charge in [0, 0.05) is 12.4 Å². The maximum atomic E-state index is 2.92. The van der Waals surface area contributed by atoms with Gasteiger partial charge in [-0.15, -0.1) is 0 Å². The third-order valence-electron chi connectivity index (χ3n) is 12.7. The van der Waals surface area contributed by atoms with Gasteiger partial charge >= 0.3 is 0 Å². The average molecular weight is 766 g/mol. The van der Waals surface area contributed by atoms with E-state index >= 15 is 0 Å². The van der Waals surface area contributed by atoms with E-state index in [1.807, 2.05) is 36.7 Å². The molecule has 0 radical (unpaired) electrons. The number of hydrogen-bond acceptors (Lipinski definition) is 1. The van der Waals surface area contributed by atoms with E-state index in [1.54, 1.807) is 0 Å². The maximum Gasteiger partial charge on any atom is 0.000442 e. The van der Waals surface area contributed by atoms with E-state index in [-0.39, 0.29) is 0 Å². The largest absolute Gasteiger partial charge is 0.368 e. The summed E-state index contributed by atoms with van der Waals surface area (Å²) in [5.41, 5.74) is 0. The predicted molar refractivity (Wildman–Crippen MR) is 252 cm³/mol. The van der Waals surface area contributed by atoms with E-state index in [0.717, 1.165) is 0 Å². The molecule has 0 bridgehead atoms. The fourth-order valence-corrected chi connectivity index (χ4v) is 8.89. The van der Waals surface area contributed by atoms with Gasteiger partial charge in [-0.05, 0) is 12.2 Å². The Morgan fingerprint density at radius 2 is 0.218 bits per heavy atom. The van der Waals surface area contributed by atoms with Crippen LogP contribution in [0.5, 0.6) is 0 Å². The van der Waals surface area contributed by atoms with Crippen LogP contribution in [0.15, 0.2) is 36.7 Å². The highest BCUT2D eigenvalue weighted by Crippen LogP contribution is 2.19. The van der Waals surface area contributed by atoms with E-state index < -0.39 is 0 Å². The SMILES string of the molecule is C1=CC=CNC=C1.C1CCCCCCCCCCC1.C1CCCCCCCCCCC1.C1CCCCCCCCCCC1.C1CCCCCCCCCCC1. The monoisotopic (exact) mass is 766 g/mol. The summed E-state index contributed by atoms with van der Waals surface area (Å²) in [6.45, 7) is 0. The Morgan fingerprint density at radius 3 is 0.309 bits per heavy atom. The van der Waals surface area contributed by atoms with Crippen LogP contribution in [0.2, 0.25) is 0 Å². The Balaban J connectivity index is 0.000000347. The molecule has 1 heteroatoms. The molecule has 0 amide bonds. The molecule has 0 atom stereocenters. The summed E-state index contributed by atoms with van der Waals surface area (Å²) in [7, 11) is 0. The predicted octanol–water partition coefficient (Wildman–Crippen LogP) is 19.9. The standard InChI is InChI=1S/4C12H24.C6H7N/c4*1-2-4-6-8-10-12-11-9-7-5-3-1;1-2-4-6-7-5-3-1/h4*1-12H2;1-7H. The molecule has 4 aliphatic carbocycles. The molecule has 4 saturated carbocycles. The van der Waals surface area contributed by atoms with E-state index in [1.165, 1.54) is 308 Å². The summed E-state index contributed by atoms with van der Waals surface area (Å²) in [4.78, 5) is 0. The summed E-state index contributed by atoms with van der Waals surface area (Å²) in [6, 6.07) is 0. The Labute approximate surface area is 349 Å². The highest BCUT2D eigenvalue weighted by Gasteiger charge is 1.99. The molecular formula is C54H103N. The van der Waals surface area contributed by atoms with Crippen LogP contribution in [0, 0.1) is 0 Å². The van der Waals surface area contributed by atoms with E-state index in [0.29, 0.717) is 0 Å². The quantitative estimate of drug-likeness (QED) is 0.259. The van der Waals surface area contributed by atoms with Crippen LogP contribution >= 0.6 is 0 Å². The van der Waals surface area contributed by atoms with Crippen LogP contribution in [-0.2, 0) is 0 Å². The lowest BCUT2D eigenvalue weighted by molar-refractivity contribution is 0.504. The Hall–Kier alpha value is -0.980. The van der Waals surface area contributed by atoms with Crippen molar-refractivity contribution in [2.45, 2.75) is 308 Å². The molecule has 1 aliphatic heterocycles. The fourth-order valence-electron chi connectivity index (χ4n) is 8.89. The van der Waals surface area contributed by atoms with Gasteiger partial charge in [-0.2, -0.15) is 0 Å². The molecule has 1 nitrogen and oxygen atoms in total. The molecule has 0 aromatic carbocycles. The first-order valence-electron chi connectivity index (χ1n) is 26.2. The zero-order valence-corrected chi connectivity index (χ0v) is 37.9. The van der Waals surface area contributed by atoms with E-state index in [9.17, 15) is 0 Å². The second kappa shape index (κ2) is 49.2. The van der Waals surface area contributed by atoms with Crippen molar-refractivity contribution in [2.24, 2.45) is 0 Å². The van der Waals surface area contributed by atoms with Crippen LogP contribution in [-0.4, -0.2) is 0 Å². The van der Waals surface area contributed by atoms with Gasteiger partial charge in [-0.25, -0.2) is 0 Å². The number of nitrogens with one attached hydrogen (secondary N) is 1. The van der Waals surface area contributed by atoms with Gasteiger partial charge in [-0.3, -0.25) is 0 Å². The van der Waals surface area contributed by atoms with Crippen molar-refractivity contribution >= 4 is 0 Å². The molecule has 5 aliphatic rings. The number of hydrogen-bond donors (Lipinski definition) is 1. The lowest BCUT2D eigenvalue weighted by Crippen LogP contribution is -1.87. The zero-order chi connectivity index (χ0) is 38.9. The van der Waals surface area contributed by atoms with E-state index in [4.69, 9.17) is 0 Å². The van der Waals surface area contributed by atoms with Gasteiger partial charge in [-0.1, -0.05) is 320 Å². The van der Waals surface area contributed by atoms with Crippen LogP contribution in [0.1, 0.15) is 308 Å². The van der Waals surface area contributed by atoms with Crippen molar-refractivity contribution < 1.29 is 0 Å². The topological polar surface area (TPSA) is 12.0 Å². The molecule has 1 N–H and O–H groups in total. The van der Waals surface area contributed by atoms with Crippen LogP contribution < -0.4 is 5.32 Å². The smallest absolute Gasteiger partial charge is 0.000442 e. The molecule has 324 valence electrons. The fraction of sp³-hybridized carbons (Fsp3) is 0.889. The minimum Gasteiger partial charge on any atom is -0.368 e. The molecule has 0 spiro atoms. The molecule has 55 heavy (non-hydrogen) atoms. The lowest BCUT2D eigenvalue weighted by atomic mass is 10.0. The van der Waals surface area contributed by atoms with Crippen molar-refractivity contribution in [3.8, 4) is 0 Å². The van der Waals surface area contributed by atoms with Crippen LogP contribution in [0.25, 0.3) is 0 Å². The Kier molecular flexibility index (Phi) is 46.5. The van der Waals surface area contributed by atoms with Crippen molar-refractivity contribution in [1.82, 2.24) is 5.32 Å². The van der Waals surface area contributed by atoms with Gasteiger partial charge in [0.05, 0.1) is 0 Å². The average Bonchev–Trinajstić information content (AvgIpc) is 3.51. The second-order valence-corrected chi connectivity index (χ2v) is 18.2. The Bertz CT molecular complexity index is 481. The molecule has 0 aromatic rings. The van der Waals surface area contributed by atoms with Gasteiger partial charge in [0.15, 0.2) is 0 Å². The maximum absolute atomic E-state index is 2.92. The van der Waals surface area contributed by atoms with Crippen LogP contribution in [0.3, 0.4) is 0 Å². The summed E-state index contributed by atoms with van der Waals surface area (Å²) >= 11 is 0. The van der Waals surface area contributed by atoms with Crippen molar-refractivity contribution in [1.29, 1.82) is 0 Å². The van der Waals surface area contributed by atoms with Crippen molar-refractivity contribution in [3.63, 3.8) is 0 Å². The summed E-state index contributed by atoms with van der Waals surface area (Å²) < 4.78 is 0. The minimum absolute atomic E-state index is 1.50. The first-order chi connectivity index (χ1) is 27.5. The molecule has 0 aromatic heterocycles. The van der Waals surface area contributed by atoms with Crippen molar-refractivity contribution in [3.05, 3.63) is 36.7 Å². The number of rotatable bonds is 0. The van der Waals surface area contributed by atoms with Gasteiger partial charge < -0.3 is 5.32 Å². The normalized spacial score (nSPS) is 23.0. The first-order valence-corrected chi connectivity index (χ1v) is 26.2. The summed E-state index contributed by atoms with van der Waals surface area (Å²) in [6.07, 6.45) is 83.6. The first kappa shape index (κ1) is 52.0. The Morgan fingerprint density at radius 1 is 0.127 bits per heavy atom. The van der Waals surface area contributed by atoms with Gasteiger partial charge in [0.2, 0.25) is 0 Å². The van der Waals surface area contributed by atoms with Crippen LogP contribution in [0.4, 0.5) is 0 Å². The van der Waals surface area contributed by atoms with Gasteiger partial charge in [0.25, 0.3) is 0 Å². The summed E-state index contributed by atoms with van der Waals surface area (Å²) in [5.74, 6) is 0. The third-order valence-corrected chi connectivity index (χ3v) is 12.7. The molecule has 0 unspecified atom stereocenters. The molecular weight excluding hydrogens is 663 g/mol. The third kappa shape index (κ3) is 47.3. The highest BCUT2D eigenvalue weighted by atomic mass is 14.8. The summed E-state index contributed by atoms with van der Waals surface area (Å²) in [5, 5.41) is 2.92. The van der Waals surface area contributed by atoms with Crippen molar-refractivity contribution in [2.75, 3.05) is 0 Å². The molecule has 0 saturated heterocycles. The molecule has 5 rings (SSSR count). The second-order valence-electron chi connectivity index (χ2n) is 18.2. The lowest BCUT2D eigenvalue weighted by Gasteiger charge is -2.05. The zero-order valence-electron chi connectivity index (χ0n) is 37.9. The van der Waals surface area contributed by atoms with Gasteiger partial charge in [0.1, 0.15) is 0 Å². The molecule has 4 fully saturated rings. The highest BCUT2D eigenvalue weighted by molar-refractivity contribution is 5.14. The number of allylic oxidation sites excluding steroid dienone is 4. The minimum atomic E-state index is 1.50.